The maximum absolute atomic E-state index is 10.6. The molecule has 0 aliphatic carbocycles. The second kappa shape index (κ2) is 3.94. The Hall–Kier alpha value is -1.26. The lowest BCUT2D eigenvalue weighted by atomic mass is 10.0. The Balaban J connectivity index is 4.12. The Bertz CT molecular complexity index is 198. The Morgan fingerprint density at radius 3 is 2.33 bits per heavy atom. The van der Waals surface area contributed by atoms with Crippen LogP contribution in [0.5, 0.6) is 0 Å². The van der Waals surface area contributed by atoms with Gasteiger partial charge in [0.1, 0.15) is 0 Å². The standard InChI is InChI=1S/C7H16N4O/c1-7(2,4-5(8)12)11-6(9)10-3/h4H2,1-3H3,(H2,8,12)(H3,9,10,11). The van der Waals surface area contributed by atoms with E-state index in [-0.39, 0.29) is 12.3 Å². The van der Waals surface area contributed by atoms with Gasteiger partial charge in [0.25, 0.3) is 0 Å². The first-order valence-electron chi connectivity index (χ1n) is 3.66. The van der Waals surface area contributed by atoms with Gasteiger partial charge in [-0.25, -0.2) is 0 Å². The van der Waals surface area contributed by atoms with Crippen molar-refractivity contribution < 1.29 is 4.79 Å². The molecule has 0 fully saturated rings. The summed E-state index contributed by atoms with van der Waals surface area (Å²) in [7, 11) is 1.57. The van der Waals surface area contributed by atoms with E-state index in [0.29, 0.717) is 5.96 Å². The van der Waals surface area contributed by atoms with E-state index < -0.39 is 5.54 Å². The maximum atomic E-state index is 10.6. The van der Waals surface area contributed by atoms with Crippen molar-refractivity contribution >= 4 is 11.9 Å². The van der Waals surface area contributed by atoms with Gasteiger partial charge in [-0.1, -0.05) is 0 Å². The number of rotatable bonds is 3. The highest BCUT2D eigenvalue weighted by molar-refractivity contribution is 5.80. The van der Waals surface area contributed by atoms with Crippen LogP contribution in [0.25, 0.3) is 0 Å². The number of hydrogen-bond donors (Lipinski definition) is 3. The predicted molar refractivity (Wildman–Crippen MR) is 48.6 cm³/mol. The highest BCUT2D eigenvalue weighted by Crippen LogP contribution is 2.06. The van der Waals surface area contributed by atoms with Crippen LogP contribution in [0.3, 0.4) is 0 Å². The molecule has 0 aromatic heterocycles. The molecule has 0 atom stereocenters. The van der Waals surface area contributed by atoms with Gasteiger partial charge in [0.15, 0.2) is 5.96 Å². The largest absolute Gasteiger partial charge is 0.370 e. The van der Waals surface area contributed by atoms with Gasteiger partial charge in [0.05, 0.1) is 0 Å². The topological polar surface area (TPSA) is 93.5 Å². The van der Waals surface area contributed by atoms with Crippen molar-refractivity contribution in [3.63, 3.8) is 0 Å². The number of aliphatic imine (C=N–C) groups is 1. The number of nitrogens with one attached hydrogen (secondary N) is 1. The Morgan fingerprint density at radius 2 is 2.00 bits per heavy atom. The lowest BCUT2D eigenvalue weighted by Crippen LogP contribution is -2.49. The minimum absolute atomic E-state index is 0.225. The van der Waals surface area contributed by atoms with Crippen molar-refractivity contribution in [2.75, 3.05) is 7.05 Å². The molecule has 1 amide bonds. The number of amides is 1. The summed E-state index contributed by atoms with van der Waals surface area (Å²) >= 11 is 0. The Kier molecular flexibility index (Phi) is 3.53. The van der Waals surface area contributed by atoms with Crippen LogP contribution < -0.4 is 16.8 Å². The zero-order chi connectivity index (χ0) is 9.78. The van der Waals surface area contributed by atoms with Crippen LogP contribution in [-0.4, -0.2) is 24.5 Å². The number of carbonyl (C=O) groups excluding carboxylic acids is 1. The first kappa shape index (κ1) is 10.7. The highest BCUT2D eigenvalue weighted by atomic mass is 16.1. The van der Waals surface area contributed by atoms with Crippen molar-refractivity contribution in [3.05, 3.63) is 0 Å². The molecule has 0 rings (SSSR count). The lowest BCUT2D eigenvalue weighted by Gasteiger charge is -2.24. The molecule has 0 aliphatic rings. The summed E-state index contributed by atoms with van der Waals surface area (Å²) in [5, 5.41) is 2.86. The van der Waals surface area contributed by atoms with E-state index in [0.717, 1.165) is 0 Å². The predicted octanol–water partition coefficient (Wildman–Crippen LogP) is -0.825. The lowest BCUT2D eigenvalue weighted by molar-refractivity contribution is -0.119. The number of nitrogens with zero attached hydrogens (tertiary/aromatic N) is 1. The number of guanidine groups is 1. The summed E-state index contributed by atoms with van der Waals surface area (Å²) in [5.41, 5.74) is 10.0. The van der Waals surface area contributed by atoms with Gasteiger partial charge in [-0.05, 0) is 13.8 Å². The average molecular weight is 172 g/mol. The highest BCUT2D eigenvalue weighted by Gasteiger charge is 2.20. The monoisotopic (exact) mass is 172 g/mol. The van der Waals surface area contributed by atoms with Crippen LogP contribution in [0.2, 0.25) is 0 Å². The molecule has 0 saturated heterocycles. The second-order valence-electron chi connectivity index (χ2n) is 3.26. The third-order valence-corrected chi connectivity index (χ3v) is 1.32. The summed E-state index contributed by atoms with van der Waals surface area (Å²) in [6, 6.07) is 0. The van der Waals surface area contributed by atoms with Crippen LogP contribution in [0.1, 0.15) is 20.3 Å². The SMILES string of the molecule is CN=C(N)NC(C)(C)CC(N)=O. The van der Waals surface area contributed by atoms with E-state index >= 15 is 0 Å². The van der Waals surface area contributed by atoms with E-state index in [1.807, 2.05) is 13.8 Å². The fourth-order valence-electron chi connectivity index (χ4n) is 0.882. The van der Waals surface area contributed by atoms with Gasteiger partial charge in [-0.3, -0.25) is 9.79 Å². The van der Waals surface area contributed by atoms with Gasteiger partial charge in [0.2, 0.25) is 5.91 Å². The fraction of sp³-hybridized carbons (Fsp3) is 0.714. The first-order valence-corrected chi connectivity index (χ1v) is 3.66. The number of primary amides is 1. The third kappa shape index (κ3) is 4.54. The number of hydrogen-bond acceptors (Lipinski definition) is 2. The van der Waals surface area contributed by atoms with Crippen LogP contribution >= 0.6 is 0 Å². The smallest absolute Gasteiger partial charge is 0.219 e. The van der Waals surface area contributed by atoms with Crippen molar-refractivity contribution in [1.82, 2.24) is 5.32 Å². The average Bonchev–Trinajstić information content (AvgIpc) is 1.83. The normalized spacial score (nSPS) is 12.8. The molecule has 5 N–H and O–H groups in total. The van der Waals surface area contributed by atoms with Gasteiger partial charge in [-0.2, -0.15) is 0 Å². The number of nitrogens with two attached hydrogens (primary N) is 2. The molecule has 5 heteroatoms. The molecule has 12 heavy (non-hydrogen) atoms. The van der Waals surface area contributed by atoms with Crippen LogP contribution in [-0.2, 0) is 4.79 Å². The minimum Gasteiger partial charge on any atom is -0.370 e. The molecule has 0 aromatic carbocycles. The van der Waals surface area contributed by atoms with E-state index in [1.165, 1.54) is 0 Å². The molecule has 0 saturated carbocycles. The minimum atomic E-state index is -0.435. The van der Waals surface area contributed by atoms with Crippen LogP contribution in [0.15, 0.2) is 4.99 Å². The molecule has 0 aliphatic heterocycles. The summed E-state index contributed by atoms with van der Waals surface area (Å²) in [6.07, 6.45) is 0.225. The van der Waals surface area contributed by atoms with Gasteiger partial charge in [0, 0.05) is 19.0 Å². The zero-order valence-corrected chi connectivity index (χ0v) is 7.72. The van der Waals surface area contributed by atoms with Crippen molar-refractivity contribution in [2.24, 2.45) is 16.5 Å². The molecular weight excluding hydrogens is 156 g/mol. The number of carbonyl (C=O) groups is 1. The summed E-state index contributed by atoms with van der Waals surface area (Å²) < 4.78 is 0. The summed E-state index contributed by atoms with van der Waals surface area (Å²) in [6.45, 7) is 3.66. The van der Waals surface area contributed by atoms with E-state index in [2.05, 4.69) is 10.3 Å². The van der Waals surface area contributed by atoms with Gasteiger partial charge >= 0.3 is 0 Å². The van der Waals surface area contributed by atoms with E-state index in [9.17, 15) is 4.79 Å². The molecule has 0 spiro atoms. The maximum Gasteiger partial charge on any atom is 0.219 e. The van der Waals surface area contributed by atoms with Crippen molar-refractivity contribution in [2.45, 2.75) is 25.8 Å². The molecule has 70 valence electrons. The second-order valence-corrected chi connectivity index (χ2v) is 3.26. The Labute approximate surface area is 72.2 Å². The molecule has 5 nitrogen and oxygen atoms in total. The van der Waals surface area contributed by atoms with Gasteiger partial charge in [-0.15, -0.1) is 0 Å². The van der Waals surface area contributed by atoms with Gasteiger partial charge < -0.3 is 16.8 Å². The quantitative estimate of drug-likeness (QED) is 0.383. The Morgan fingerprint density at radius 1 is 1.50 bits per heavy atom. The third-order valence-electron chi connectivity index (χ3n) is 1.32. The van der Waals surface area contributed by atoms with Crippen LogP contribution in [0.4, 0.5) is 0 Å². The summed E-state index contributed by atoms with van der Waals surface area (Å²) in [5.74, 6) is -0.0577. The van der Waals surface area contributed by atoms with E-state index in [1.54, 1.807) is 7.05 Å². The molecule has 0 unspecified atom stereocenters. The van der Waals surface area contributed by atoms with Crippen molar-refractivity contribution in [1.29, 1.82) is 0 Å². The fourth-order valence-corrected chi connectivity index (χ4v) is 0.882. The summed E-state index contributed by atoms with van der Waals surface area (Å²) in [4.78, 5) is 14.3. The van der Waals surface area contributed by atoms with Crippen molar-refractivity contribution in [3.8, 4) is 0 Å². The molecule has 0 bridgehead atoms. The molecular formula is C7H16N4O. The first-order chi connectivity index (χ1) is 5.37. The zero-order valence-electron chi connectivity index (χ0n) is 7.72. The molecule has 0 aromatic rings. The molecule has 0 radical (unpaired) electrons. The van der Waals surface area contributed by atoms with Crippen LogP contribution in [0, 0.1) is 0 Å². The molecule has 0 heterocycles. The van der Waals surface area contributed by atoms with E-state index in [4.69, 9.17) is 11.5 Å².